The molecule has 1 aliphatic heterocycles. The van der Waals surface area contributed by atoms with Crippen LogP contribution in [0, 0.1) is 13.8 Å². The Morgan fingerprint density at radius 3 is 2.32 bits per heavy atom. The van der Waals surface area contributed by atoms with Gasteiger partial charge in [-0.3, -0.25) is 14.9 Å². The molecule has 0 aliphatic carbocycles. The number of carbonyl (C=O) groups excluding carboxylic acids is 3. The van der Waals surface area contributed by atoms with Crippen molar-refractivity contribution in [3.8, 4) is 11.4 Å². The molecule has 0 bridgehead atoms. The highest BCUT2D eigenvalue weighted by Crippen LogP contribution is 2.32. The molecule has 1 saturated heterocycles. The van der Waals surface area contributed by atoms with E-state index in [-0.39, 0.29) is 11.3 Å². The number of nitrogens with zero attached hydrogens (tertiary/aromatic N) is 2. The number of carbonyl (C=O) groups is 3. The summed E-state index contributed by atoms with van der Waals surface area (Å²) in [6.07, 6.45) is 2.43. The number of nitrogens with one attached hydrogen (secondary N) is 1. The normalized spacial score (nSPS) is 15.1. The molecule has 34 heavy (non-hydrogen) atoms. The van der Waals surface area contributed by atoms with Gasteiger partial charge in [0.2, 0.25) is 0 Å². The molecule has 0 unspecified atom stereocenters. The molecular weight excluding hydrogens is 430 g/mol. The van der Waals surface area contributed by atoms with Crippen molar-refractivity contribution in [1.29, 1.82) is 0 Å². The first kappa shape index (κ1) is 23.0. The van der Waals surface area contributed by atoms with Crippen LogP contribution in [0.2, 0.25) is 0 Å². The Hall–Kier alpha value is -4.13. The molecule has 3 aromatic rings. The number of anilines is 1. The summed E-state index contributed by atoms with van der Waals surface area (Å²) in [5, 5.41) is 2.29. The number of rotatable bonds is 6. The molecule has 1 fully saturated rings. The van der Waals surface area contributed by atoms with Gasteiger partial charge in [-0.2, -0.15) is 0 Å². The van der Waals surface area contributed by atoms with Crippen LogP contribution >= 0.6 is 0 Å². The fraction of sp³-hybridized carbons (Fsp3) is 0.222. The van der Waals surface area contributed by atoms with E-state index in [0.29, 0.717) is 12.4 Å². The third kappa shape index (κ3) is 4.01. The van der Waals surface area contributed by atoms with Crippen molar-refractivity contribution >= 4 is 29.6 Å². The second-order valence-electron chi connectivity index (χ2n) is 8.00. The van der Waals surface area contributed by atoms with E-state index in [1.165, 1.54) is 5.56 Å². The average Bonchev–Trinajstić information content (AvgIpc) is 3.10. The van der Waals surface area contributed by atoms with Crippen molar-refractivity contribution in [3.63, 3.8) is 0 Å². The molecular formula is C27H27N3O4. The standard InChI is InChI=1S/C27H27N3O4/c1-5-19-11-7-8-12-22(19)29-17(3)15-20(18(29)4)16-21-25(31)28-27(33)30(26(21)32)23-13-9-10-14-24(23)34-6-2/h7-16H,5-6H2,1-4H3,(H,28,31,33)/b21-16+. The van der Waals surface area contributed by atoms with E-state index in [1.807, 2.05) is 39.0 Å². The lowest BCUT2D eigenvalue weighted by atomic mass is 10.1. The Morgan fingerprint density at radius 2 is 1.62 bits per heavy atom. The number of hydrogen-bond donors (Lipinski definition) is 1. The third-order valence-electron chi connectivity index (χ3n) is 5.89. The SMILES string of the molecule is CCOc1ccccc1N1C(=O)NC(=O)/C(=C\c2cc(C)n(-c3ccccc3CC)c2C)C1=O. The number of urea groups is 1. The van der Waals surface area contributed by atoms with Crippen LogP contribution in [0.5, 0.6) is 5.75 Å². The lowest BCUT2D eigenvalue weighted by Crippen LogP contribution is -2.54. The smallest absolute Gasteiger partial charge is 0.336 e. The summed E-state index contributed by atoms with van der Waals surface area (Å²) in [7, 11) is 0. The summed E-state index contributed by atoms with van der Waals surface area (Å²) in [5.41, 5.74) is 5.02. The summed E-state index contributed by atoms with van der Waals surface area (Å²) in [6.45, 7) is 8.22. The Bertz CT molecular complexity index is 1320. The predicted octanol–water partition coefficient (Wildman–Crippen LogP) is 4.72. The Kier molecular flexibility index (Phi) is 6.36. The molecule has 0 radical (unpaired) electrons. The highest BCUT2D eigenvalue weighted by molar-refractivity contribution is 6.39. The monoisotopic (exact) mass is 457 g/mol. The molecule has 2 aromatic carbocycles. The molecule has 1 aromatic heterocycles. The van der Waals surface area contributed by atoms with Crippen LogP contribution in [0.15, 0.2) is 60.2 Å². The van der Waals surface area contributed by atoms with Crippen molar-refractivity contribution in [2.24, 2.45) is 0 Å². The largest absolute Gasteiger partial charge is 0.492 e. The maximum Gasteiger partial charge on any atom is 0.336 e. The minimum absolute atomic E-state index is 0.116. The van der Waals surface area contributed by atoms with Gasteiger partial charge in [0, 0.05) is 17.1 Å². The zero-order chi connectivity index (χ0) is 24.4. The number of ether oxygens (including phenoxy) is 1. The molecule has 0 saturated carbocycles. The topological polar surface area (TPSA) is 80.6 Å². The minimum atomic E-state index is -0.804. The van der Waals surface area contributed by atoms with Crippen molar-refractivity contribution in [2.45, 2.75) is 34.1 Å². The number of barbiturate groups is 1. The van der Waals surface area contributed by atoms with Crippen molar-refractivity contribution in [1.82, 2.24) is 9.88 Å². The molecule has 174 valence electrons. The molecule has 4 amide bonds. The Balaban J connectivity index is 1.79. The number of imide groups is 2. The Labute approximate surface area is 198 Å². The van der Waals surface area contributed by atoms with Gasteiger partial charge < -0.3 is 9.30 Å². The maximum atomic E-state index is 13.4. The van der Waals surface area contributed by atoms with E-state index in [2.05, 4.69) is 28.9 Å². The predicted molar refractivity (Wildman–Crippen MR) is 131 cm³/mol. The quantitative estimate of drug-likeness (QED) is 0.429. The van der Waals surface area contributed by atoms with Gasteiger partial charge in [-0.25, -0.2) is 9.69 Å². The van der Waals surface area contributed by atoms with E-state index in [0.717, 1.165) is 34.0 Å². The zero-order valence-electron chi connectivity index (χ0n) is 19.7. The lowest BCUT2D eigenvalue weighted by molar-refractivity contribution is -0.122. The summed E-state index contributed by atoms with van der Waals surface area (Å²) in [4.78, 5) is 39.7. The fourth-order valence-corrected chi connectivity index (χ4v) is 4.28. The summed E-state index contributed by atoms with van der Waals surface area (Å²) >= 11 is 0. The van der Waals surface area contributed by atoms with E-state index < -0.39 is 17.8 Å². The summed E-state index contributed by atoms with van der Waals surface area (Å²) < 4.78 is 7.71. The van der Waals surface area contributed by atoms with Crippen LogP contribution in [0.25, 0.3) is 11.8 Å². The maximum absolute atomic E-state index is 13.4. The molecule has 0 atom stereocenters. The van der Waals surface area contributed by atoms with Gasteiger partial charge in [0.15, 0.2) is 0 Å². The first-order valence-electron chi connectivity index (χ1n) is 11.3. The van der Waals surface area contributed by atoms with Crippen LogP contribution in [-0.4, -0.2) is 29.0 Å². The molecule has 7 heteroatoms. The molecule has 7 nitrogen and oxygen atoms in total. The van der Waals surface area contributed by atoms with Crippen LogP contribution in [0.1, 0.15) is 36.4 Å². The van der Waals surface area contributed by atoms with E-state index in [4.69, 9.17) is 4.74 Å². The van der Waals surface area contributed by atoms with Gasteiger partial charge in [0.1, 0.15) is 11.3 Å². The van der Waals surface area contributed by atoms with Crippen LogP contribution in [-0.2, 0) is 16.0 Å². The number of amides is 4. The first-order valence-corrected chi connectivity index (χ1v) is 11.3. The lowest BCUT2D eigenvalue weighted by Gasteiger charge is -2.27. The van der Waals surface area contributed by atoms with Gasteiger partial charge in [-0.1, -0.05) is 37.3 Å². The van der Waals surface area contributed by atoms with Crippen LogP contribution < -0.4 is 15.0 Å². The van der Waals surface area contributed by atoms with Gasteiger partial charge in [-0.15, -0.1) is 0 Å². The molecule has 4 rings (SSSR count). The van der Waals surface area contributed by atoms with Crippen molar-refractivity contribution < 1.29 is 19.1 Å². The van der Waals surface area contributed by atoms with Gasteiger partial charge >= 0.3 is 6.03 Å². The molecule has 2 heterocycles. The number of hydrogen-bond acceptors (Lipinski definition) is 4. The number of benzene rings is 2. The number of para-hydroxylation sites is 3. The van der Waals surface area contributed by atoms with Gasteiger partial charge in [0.05, 0.1) is 12.3 Å². The zero-order valence-corrected chi connectivity index (χ0v) is 19.7. The highest BCUT2D eigenvalue weighted by atomic mass is 16.5. The Morgan fingerprint density at radius 1 is 0.941 bits per heavy atom. The minimum Gasteiger partial charge on any atom is -0.492 e. The second-order valence-corrected chi connectivity index (χ2v) is 8.00. The van der Waals surface area contributed by atoms with Crippen LogP contribution in [0.4, 0.5) is 10.5 Å². The third-order valence-corrected chi connectivity index (χ3v) is 5.89. The summed E-state index contributed by atoms with van der Waals surface area (Å²) in [6, 6.07) is 16.0. The van der Waals surface area contributed by atoms with E-state index in [9.17, 15) is 14.4 Å². The highest BCUT2D eigenvalue weighted by Gasteiger charge is 2.38. The molecule has 1 aliphatic rings. The first-order chi connectivity index (χ1) is 16.4. The number of aromatic nitrogens is 1. The van der Waals surface area contributed by atoms with Crippen LogP contribution in [0.3, 0.4) is 0 Å². The van der Waals surface area contributed by atoms with E-state index in [1.54, 1.807) is 30.3 Å². The van der Waals surface area contributed by atoms with Crippen molar-refractivity contribution in [2.75, 3.05) is 11.5 Å². The van der Waals surface area contributed by atoms with Crippen molar-refractivity contribution in [3.05, 3.63) is 82.7 Å². The number of aryl methyl sites for hydroxylation is 2. The van der Waals surface area contributed by atoms with Gasteiger partial charge in [0.25, 0.3) is 11.8 Å². The van der Waals surface area contributed by atoms with Gasteiger partial charge in [-0.05, 0) is 68.7 Å². The summed E-state index contributed by atoms with van der Waals surface area (Å²) in [5.74, 6) is -1.03. The molecule has 1 N–H and O–H groups in total. The average molecular weight is 458 g/mol. The fourth-order valence-electron chi connectivity index (χ4n) is 4.28. The van der Waals surface area contributed by atoms with E-state index >= 15 is 0 Å². The molecule has 0 spiro atoms. The second kappa shape index (κ2) is 9.39.